The number of fused-ring (bicyclic) bond motifs is 1. The Labute approximate surface area is 146 Å². The quantitative estimate of drug-likeness (QED) is 0.498. The summed E-state index contributed by atoms with van der Waals surface area (Å²) >= 11 is 0.123. The van der Waals surface area contributed by atoms with Crippen molar-refractivity contribution in [1.82, 2.24) is 4.98 Å². The van der Waals surface area contributed by atoms with Crippen LogP contribution in [0.25, 0.3) is 22.2 Å². The molecule has 1 N–H and O–H groups in total. The third-order valence-electron chi connectivity index (χ3n) is 3.53. The molecule has 0 amide bonds. The number of hydrogen-bond acceptors (Lipinski definition) is 3. The first kappa shape index (κ1) is 17.4. The van der Waals surface area contributed by atoms with Crippen LogP contribution < -0.4 is 0 Å². The average Bonchev–Trinajstić information content (AvgIpc) is 2.94. The zero-order valence-electron chi connectivity index (χ0n) is 13.2. The number of aromatic amines is 1. The number of carbonyl (C=O) groups is 1. The maximum Gasteiger partial charge on any atom is 0.393 e. The zero-order chi connectivity index (χ0) is 18.0. The molecule has 0 unspecified atom stereocenters. The summed E-state index contributed by atoms with van der Waals surface area (Å²) < 4.78 is 46.2. The van der Waals surface area contributed by atoms with Crippen LogP contribution in [0.5, 0.6) is 0 Å². The van der Waals surface area contributed by atoms with Gasteiger partial charge in [-0.1, -0.05) is 18.2 Å². The maximum absolute atomic E-state index is 14.3. The molecule has 1 heterocycles. The fourth-order valence-corrected chi connectivity index (χ4v) is 3.38. The molecule has 3 rings (SSSR count). The van der Waals surface area contributed by atoms with Gasteiger partial charge in [-0.05, 0) is 54.6 Å². The molecule has 7 heteroatoms. The SMILES string of the molecule is CCOC(=O)C(F)(F)Sc1c(-c2ccc(F)cc2)[nH]c2ccccc12. The lowest BCUT2D eigenvalue weighted by atomic mass is 10.1. The van der Waals surface area contributed by atoms with Gasteiger partial charge in [-0.15, -0.1) is 0 Å². The Morgan fingerprint density at radius 3 is 2.52 bits per heavy atom. The van der Waals surface area contributed by atoms with Crippen LogP contribution in [0.15, 0.2) is 53.4 Å². The van der Waals surface area contributed by atoms with Crippen molar-refractivity contribution in [2.45, 2.75) is 17.1 Å². The molecule has 1 aromatic heterocycles. The molecule has 3 nitrogen and oxygen atoms in total. The van der Waals surface area contributed by atoms with E-state index < -0.39 is 17.0 Å². The van der Waals surface area contributed by atoms with Gasteiger partial charge in [0.1, 0.15) is 5.82 Å². The number of nitrogens with one attached hydrogen (secondary N) is 1. The van der Waals surface area contributed by atoms with Crippen molar-refractivity contribution in [3.05, 3.63) is 54.3 Å². The van der Waals surface area contributed by atoms with Gasteiger partial charge < -0.3 is 9.72 Å². The van der Waals surface area contributed by atoms with E-state index in [1.54, 1.807) is 24.3 Å². The van der Waals surface area contributed by atoms with E-state index in [1.165, 1.54) is 31.2 Å². The van der Waals surface area contributed by atoms with Gasteiger partial charge in [0.15, 0.2) is 0 Å². The lowest BCUT2D eigenvalue weighted by molar-refractivity contribution is -0.159. The van der Waals surface area contributed by atoms with Crippen LogP contribution in [0.3, 0.4) is 0 Å². The second-order valence-electron chi connectivity index (χ2n) is 5.22. The monoisotopic (exact) mass is 365 g/mol. The van der Waals surface area contributed by atoms with E-state index in [9.17, 15) is 18.0 Å². The Balaban J connectivity index is 2.10. The van der Waals surface area contributed by atoms with Crippen LogP contribution in [0, 0.1) is 5.82 Å². The molecule has 0 fully saturated rings. The summed E-state index contributed by atoms with van der Waals surface area (Å²) in [6.45, 7) is 1.34. The number of alkyl halides is 2. The van der Waals surface area contributed by atoms with Gasteiger partial charge in [0.2, 0.25) is 0 Å². The highest BCUT2D eigenvalue weighted by molar-refractivity contribution is 8.01. The molecular formula is C18H14F3NO2S. The number of ether oxygens (including phenoxy) is 1. The number of carbonyl (C=O) groups excluding carboxylic acids is 1. The van der Waals surface area contributed by atoms with Crippen LogP contribution in [-0.4, -0.2) is 22.8 Å². The second kappa shape index (κ2) is 6.84. The molecule has 0 aliphatic heterocycles. The average molecular weight is 365 g/mol. The van der Waals surface area contributed by atoms with Crippen molar-refractivity contribution in [2.75, 3.05) is 6.61 Å². The summed E-state index contributed by atoms with van der Waals surface area (Å²) in [6.07, 6.45) is 0. The molecule has 0 bridgehead atoms. The summed E-state index contributed by atoms with van der Waals surface area (Å²) in [5.41, 5.74) is 1.58. The molecular weight excluding hydrogens is 351 g/mol. The first-order valence-electron chi connectivity index (χ1n) is 7.53. The Bertz CT molecular complexity index is 906. The number of benzene rings is 2. The van der Waals surface area contributed by atoms with Crippen molar-refractivity contribution in [3.63, 3.8) is 0 Å². The summed E-state index contributed by atoms with van der Waals surface area (Å²) in [6, 6.07) is 12.4. The van der Waals surface area contributed by atoms with Crippen LogP contribution in [0.2, 0.25) is 0 Å². The first-order chi connectivity index (χ1) is 11.9. The minimum atomic E-state index is -3.74. The number of aromatic nitrogens is 1. The molecule has 2 aromatic carbocycles. The lowest BCUT2D eigenvalue weighted by Gasteiger charge is -2.14. The van der Waals surface area contributed by atoms with Gasteiger partial charge in [-0.3, -0.25) is 0 Å². The number of halogens is 3. The van der Waals surface area contributed by atoms with E-state index in [-0.39, 0.29) is 23.3 Å². The smallest absolute Gasteiger partial charge is 0.393 e. The maximum atomic E-state index is 14.3. The van der Waals surface area contributed by atoms with Gasteiger partial charge >= 0.3 is 11.2 Å². The number of H-pyrrole nitrogens is 1. The lowest BCUT2D eigenvalue weighted by Crippen LogP contribution is -2.27. The number of thioether (sulfide) groups is 1. The van der Waals surface area contributed by atoms with Crippen LogP contribution in [0.4, 0.5) is 13.2 Å². The third kappa shape index (κ3) is 3.51. The second-order valence-corrected chi connectivity index (χ2v) is 6.35. The summed E-state index contributed by atoms with van der Waals surface area (Å²) in [7, 11) is 0. The van der Waals surface area contributed by atoms with Crippen LogP contribution in [-0.2, 0) is 9.53 Å². The number of para-hydroxylation sites is 1. The molecule has 0 atom stereocenters. The summed E-state index contributed by atoms with van der Waals surface area (Å²) in [4.78, 5) is 14.8. The molecule has 0 saturated carbocycles. The largest absolute Gasteiger partial charge is 0.461 e. The van der Waals surface area contributed by atoms with E-state index in [0.29, 0.717) is 22.2 Å². The number of esters is 1. The molecule has 0 aliphatic rings. The van der Waals surface area contributed by atoms with Crippen molar-refractivity contribution in [2.24, 2.45) is 0 Å². The van der Waals surface area contributed by atoms with Crippen molar-refractivity contribution >= 4 is 28.6 Å². The minimum absolute atomic E-state index is 0.123. The van der Waals surface area contributed by atoms with Gasteiger partial charge in [0.25, 0.3) is 0 Å². The first-order valence-corrected chi connectivity index (χ1v) is 8.34. The van der Waals surface area contributed by atoms with Gasteiger partial charge in [0, 0.05) is 15.8 Å². The standard InChI is InChI=1S/C18H14F3NO2S/c1-2-24-17(23)18(20,21)25-16-13-5-3-4-6-14(13)22-15(16)11-7-9-12(19)10-8-11/h3-10,22H,2H2,1H3. The zero-order valence-corrected chi connectivity index (χ0v) is 14.0. The van der Waals surface area contributed by atoms with E-state index in [4.69, 9.17) is 0 Å². The van der Waals surface area contributed by atoms with Crippen molar-refractivity contribution in [1.29, 1.82) is 0 Å². The van der Waals surface area contributed by atoms with Gasteiger partial charge in [0.05, 0.1) is 12.3 Å². The molecule has 0 radical (unpaired) electrons. The van der Waals surface area contributed by atoms with Crippen molar-refractivity contribution in [3.8, 4) is 11.3 Å². The fraction of sp³-hybridized carbons (Fsp3) is 0.167. The Hall–Kier alpha value is -2.41. The van der Waals surface area contributed by atoms with E-state index >= 15 is 0 Å². The highest BCUT2D eigenvalue weighted by atomic mass is 32.2. The van der Waals surface area contributed by atoms with Crippen LogP contribution >= 0.6 is 11.8 Å². The Morgan fingerprint density at radius 2 is 1.84 bits per heavy atom. The Kier molecular flexibility index (Phi) is 4.76. The third-order valence-corrected chi connectivity index (χ3v) is 4.59. The van der Waals surface area contributed by atoms with Gasteiger partial charge in [-0.25, -0.2) is 9.18 Å². The van der Waals surface area contributed by atoms with E-state index in [2.05, 4.69) is 9.72 Å². The molecule has 3 aromatic rings. The van der Waals surface area contributed by atoms with E-state index in [1.807, 2.05) is 0 Å². The topological polar surface area (TPSA) is 42.1 Å². The predicted octanol–water partition coefficient (Wildman–Crippen LogP) is 5.22. The predicted molar refractivity (Wildman–Crippen MR) is 91.1 cm³/mol. The highest BCUT2D eigenvalue weighted by Crippen LogP contribution is 2.45. The molecule has 0 saturated heterocycles. The molecule has 0 aliphatic carbocycles. The fourth-order valence-electron chi connectivity index (χ4n) is 2.43. The number of rotatable bonds is 5. The highest BCUT2D eigenvalue weighted by Gasteiger charge is 2.43. The van der Waals surface area contributed by atoms with Crippen LogP contribution in [0.1, 0.15) is 6.92 Å². The molecule has 25 heavy (non-hydrogen) atoms. The molecule has 0 spiro atoms. The summed E-state index contributed by atoms with van der Waals surface area (Å²) in [5, 5.41) is -3.19. The van der Waals surface area contributed by atoms with Crippen molar-refractivity contribution < 1.29 is 22.7 Å². The Morgan fingerprint density at radius 1 is 1.16 bits per heavy atom. The normalized spacial score (nSPS) is 11.7. The van der Waals surface area contributed by atoms with Gasteiger partial charge in [-0.2, -0.15) is 8.78 Å². The minimum Gasteiger partial charge on any atom is -0.461 e. The molecule has 130 valence electrons. The summed E-state index contributed by atoms with van der Waals surface area (Å²) in [5.74, 6) is -2.01. The van der Waals surface area contributed by atoms with E-state index in [0.717, 1.165) is 0 Å². The number of hydrogen-bond donors (Lipinski definition) is 1.